The first-order valence-electron chi connectivity index (χ1n) is 9.92. The summed E-state index contributed by atoms with van der Waals surface area (Å²) < 4.78 is 23.8. The van der Waals surface area contributed by atoms with Crippen molar-refractivity contribution in [3.8, 4) is 0 Å². The Labute approximate surface area is 171 Å². The molecule has 1 aromatic rings. The second-order valence-corrected chi connectivity index (χ2v) is 10.0. The van der Waals surface area contributed by atoms with Crippen LogP contribution in [0.1, 0.15) is 40.0 Å². The number of hydrogen-bond acceptors (Lipinski definition) is 6. The van der Waals surface area contributed by atoms with Gasteiger partial charge in [-0.05, 0) is 31.4 Å². The zero-order valence-corrected chi connectivity index (χ0v) is 18.1. The number of fused-ring (bicyclic) bond motifs is 1. The molecule has 0 amide bonds. The van der Waals surface area contributed by atoms with E-state index in [2.05, 4.69) is 32.9 Å². The van der Waals surface area contributed by atoms with Crippen LogP contribution >= 0.6 is 11.8 Å². The third-order valence-corrected chi connectivity index (χ3v) is 9.26. The first-order chi connectivity index (χ1) is 13.3. The molecule has 5 nitrogen and oxygen atoms in total. The number of thioether (sulfide) groups is 1. The summed E-state index contributed by atoms with van der Waals surface area (Å²) in [7, 11) is 3.28. The molecule has 1 aliphatic heterocycles. The van der Waals surface area contributed by atoms with Crippen LogP contribution in [0.15, 0.2) is 35.2 Å². The molecule has 0 radical (unpaired) electrons. The number of esters is 1. The van der Waals surface area contributed by atoms with Crippen LogP contribution in [0.25, 0.3) is 0 Å². The summed E-state index contributed by atoms with van der Waals surface area (Å²) in [6, 6.07) is 10.2. The number of rotatable bonds is 6. The largest absolute Gasteiger partial charge is 0.455 e. The molecule has 154 valence electrons. The molecule has 0 aromatic heterocycles. The maximum Gasteiger partial charge on any atom is 0.340 e. The second-order valence-electron chi connectivity index (χ2n) is 8.83. The lowest BCUT2D eigenvalue weighted by atomic mass is 9.58. The molecule has 0 N–H and O–H groups in total. The molecule has 1 saturated heterocycles. The highest BCUT2D eigenvalue weighted by atomic mass is 32.2. The SMILES string of the molecule is COCO[C@H]1CCC[C@]23OC(=O)[C@](OC)([C@@H](Sc4ccccc4)[C@]12C)C3(C)C. The third kappa shape index (κ3) is 2.18. The molecule has 2 aliphatic carbocycles. The van der Waals surface area contributed by atoms with Gasteiger partial charge in [-0.2, -0.15) is 0 Å². The number of hydrogen-bond donors (Lipinski definition) is 0. The van der Waals surface area contributed by atoms with Crippen LogP contribution in [0.3, 0.4) is 0 Å². The molecule has 0 unspecified atom stereocenters. The predicted molar refractivity (Wildman–Crippen MR) is 107 cm³/mol. The van der Waals surface area contributed by atoms with E-state index in [1.165, 1.54) is 0 Å². The van der Waals surface area contributed by atoms with Crippen LogP contribution in [-0.2, 0) is 23.7 Å². The molecule has 2 saturated carbocycles. The lowest BCUT2D eigenvalue weighted by molar-refractivity contribution is -0.227. The monoisotopic (exact) mass is 406 g/mol. The quantitative estimate of drug-likeness (QED) is 0.525. The van der Waals surface area contributed by atoms with E-state index < -0.39 is 22.0 Å². The first-order valence-corrected chi connectivity index (χ1v) is 10.8. The van der Waals surface area contributed by atoms with E-state index >= 15 is 0 Å². The summed E-state index contributed by atoms with van der Waals surface area (Å²) in [5, 5.41) is -0.134. The Hall–Kier alpha value is -1.08. The van der Waals surface area contributed by atoms with Crippen molar-refractivity contribution in [1.29, 1.82) is 0 Å². The highest BCUT2D eigenvalue weighted by Gasteiger charge is 2.89. The van der Waals surface area contributed by atoms with Crippen LogP contribution < -0.4 is 0 Å². The van der Waals surface area contributed by atoms with Crippen molar-refractivity contribution in [2.75, 3.05) is 21.0 Å². The Balaban J connectivity index is 1.88. The summed E-state index contributed by atoms with van der Waals surface area (Å²) in [6.07, 6.45) is 2.61. The molecule has 3 aliphatic rings. The molecule has 1 heterocycles. The zero-order chi connectivity index (χ0) is 20.2. The summed E-state index contributed by atoms with van der Waals surface area (Å²) in [5.74, 6) is -0.238. The van der Waals surface area contributed by atoms with E-state index in [1.807, 2.05) is 18.2 Å². The van der Waals surface area contributed by atoms with Gasteiger partial charge < -0.3 is 18.9 Å². The smallest absolute Gasteiger partial charge is 0.340 e. The summed E-state index contributed by atoms with van der Waals surface area (Å²) in [6.45, 7) is 6.71. The van der Waals surface area contributed by atoms with Gasteiger partial charge in [-0.25, -0.2) is 4.79 Å². The van der Waals surface area contributed by atoms with E-state index in [0.29, 0.717) is 0 Å². The van der Waals surface area contributed by atoms with Gasteiger partial charge in [0.25, 0.3) is 0 Å². The van der Waals surface area contributed by atoms with E-state index in [1.54, 1.807) is 26.0 Å². The van der Waals surface area contributed by atoms with Crippen molar-refractivity contribution in [3.05, 3.63) is 30.3 Å². The van der Waals surface area contributed by atoms with Gasteiger partial charge in [-0.15, -0.1) is 11.8 Å². The number of ether oxygens (including phenoxy) is 4. The molecule has 5 atom stereocenters. The van der Waals surface area contributed by atoms with Gasteiger partial charge in [0.15, 0.2) is 5.60 Å². The fourth-order valence-electron chi connectivity index (χ4n) is 6.36. The Kier molecular flexibility index (Phi) is 4.85. The summed E-state index contributed by atoms with van der Waals surface area (Å²) >= 11 is 1.71. The van der Waals surface area contributed by atoms with Crippen molar-refractivity contribution in [2.24, 2.45) is 10.8 Å². The van der Waals surface area contributed by atoms with Crippen molar-refractivity contribution >= 4 is 17.7 Å². The number of carbonyl (C=O) groups is 1. The Bertz CT molecular complexity index is 753. The fourth-order valence-corrected chi connectivity index (χ4v) is 8.19. The van der Waals surface area contributed by atoms with E-state index in [-0.39, 0.29) is 24.1 Å². The average molecular weight is 407 g/mol. The molecular formula is C22H30O5S. The van der Waals surface area contributed by atoms with Gasteiger partial charge >= 0.3 is 5.97 Å². The van der Waals surface area contributed by atoms with Crippen LogP contribution in [0.2, 0.25) is 0 Å². The zero-order valence-electron chi connectivity index (χ0n) is 17.3. The Morgan fingerprint density at radius 1 is 1.18 bits per heavy atom. The first kappa shape index (κ1) is 20.2. The predicted octanol–water partition coefficient (Wildman–Crippen LogP) is 4.05. The molecule has 3 fully saturated rings. The third-order valence-electron chi connectivity index (χ3n) is 7.66. The minimum atomic E-state index is -1.03. The van der Waals surface area contributed by atoms with Crippen LogP contribution in [0.4, 0.5) is 0 Å². The van der Waals surface area contributed by atoms with Gasteiger partial charge in [0.1, 0.15) is 12.4 Å². The van der Waals surface area contributed by atoms with Crippen molar-refractivity contribution in [1.82, 2.24) is 0 Å². The topological polar surface area (TPSA) is 54.0 Å². The summed E-state index contributed by atoms with van der Waals surface area (Å²) in [5.41, 5.74) is -2.54. The summed E-state index contributed by atoms with van der Waals surface area (Å²) in [4.78, 5) is 14.4. The molecular weight excluding hydrogens is 376 g/mol. The molecule has 2 bridgehead atoms. The fraction of sp³-hybridized carbons (Fsp3) is 0.682. The molecule has 6 heteroatoms. The average Bonchev–Trinajstić information content (AvgIpc) is 2.92. The molecule has 1 spiro atoms. The molecule has 28 heavy (non-hydrogen) atoms. The van der Waals surface area contributed by atoms with Gasteiger partial charge in [-0.1, -0.05) is 39.0 Å². The maximum absolute atomic E-state index is 13.3. The Morgan fingerprint density at radius 3 is 2.54 bits per heavy atom. The van der Waals surface area contributed by atoms with Gasteiger partial charge in [0.2, 0.25) is 0 Å². The highest BCUT2D eigenvalue weighted by molar-refractivity contribution is 8.00. The second kappa shape index (κ2) is 6.73. The van der Waals surface area contributed by atoms with Crippen molar-refractivity contribution in [2.45, 2.75) is 67.5 Å². The van der Waals surface area contributed by atoms with Crippen LogP contribution in [0, 0.1) is 10.8 Å². The minimum Gasteiger partial charge on any atom is -0.455 e. The van der Waals surface area contributed by atoms with Crippen molar-refractivity contribution < 1.29 is 23.7 Å². The lowest BCUT2D eigenvalue weighted by Crippen LogP contribution is -2.64. The number of methoxy groups -OCH3 is 2. The lowest BCUT2D eigenvalue weighted by Gasteiger charge is -2.55. The molecule has 4 rings (SSSR count). The van der Waals surface area contributed by atoms with Gasteiger partial charge in [0.05, 0.1) is 11.4 Å². The minimum absolute atomic E-state index is 0.0770. The van der Waals surface area contributed by atoms with Crippen molar-refractivity contribution in [3.63, 3.8) is 0 Å². The van der Waals surface area contributed by atoms with E-state index in [4.69, 9.17) is 18.9 Å². The van der Waals surface area contributed by atoms with Gasteiger partial charge in [0, 0.05) is 29.9 Å². The van der Waals surface area contributed by atoms with Crippen LogP contribution in [-0.4, -0.2) is 49.5 Å². The van der Waals surface area contributed by atoms with E-state index in [9.17, 15) is 4.79 Å². The highest BCUT2D eigenvalue weighted by Crippen LogP contribution is 2.76. The number of benzene rings is 1. The van der Waals surface area contributed by atoms with E-state index in [0.717, 1.165) is 24.2 Å². The normalized spacial score (nSPS) is 41.0. The maximum atomic E-state index is 13.3. The van der Waals surface area contributed by atoms with Gasteiger partial charge in [-0.3, -0.25) is 0 Å². The standard InChI is InChI=1S/C22H30O5S/c1-19(2)21-13-9-12-16(26-14-24-4)20(21,3)17(22(19,25-5)18(23)27-21)28-15-10-7-6-8-11-15/h6-8,10-11,16-17H,9,12-14H2,1-5H3/t16-,17-,20-,21+,22+/m0/s1. The Morgan fingerprint density at radius 2 is 1.89 bits per heavy atom. The number of carbonyl (C=O) groups excluding carboxylic acids is 1. The molecule has 1 aromatic carbocycles. The van der Waals surface area contributed by atoms with Crippen LogP contribution in [0.5, 0.6) is 0 Å².